The molecule has 90 valence electrons. The van der Waals surface area contributed by atoms with Crippen molar-refractivity contribution < 1.29 is 23.8 Å². The van der Waals surface area contributed by atoms with E-state index in [9.17, 15) is 9.59 Å². The minimum atomic E-state index is -0.901. The van der Waals surface area contributed by atoms with E-state index in [2.05, 4.69) is 0 Å². The van der Waals surface area contributed by atoms with E-state index in [1.165, 1.54) is 6.92 Å². The van der Waals surface area contributed by atoms with Gasteiger partial charge in [-0.25, -0.2) is 4.79 Å². The topological polar surface area (TPSA) is 61.8 Å². The van der Waals surface area contributed by atoms with Crippen LogP contribution < -0.4 is 0 Å². The number of carbonyl (C=O) groups excluding carboxylic acids is 2. The maximum atomic E-state index is 11.5. The van der Waals surface area contributed by atoms with E-state index < -0.39 is 23.6 Å². The Hall–Kier alpha value is -1.52. The van der Waals surface area contributed by atoms with Gasteiger partial charge in [0.2, 0.25) is 5.76 Å². The third-order valence-corrected chi connectivity index (χ3v) is 2.10. The van der Waals surface area contributed by atoms with E-state index in [-0.39, 0.29) is 5.76 Å². The molecule has 0 aromatic rings. The summed E-state index contributed by atoms with van der Waals surface area (Å²) >= 11 is 0. The molecule has 1 atom stereocenters. The van der Waals surface area contributed by atoms with Crippen LogP contribution in [0.4, 0.5) is 0 Å². The molecule has 1 unspecified atom stereocenters. The fourth-order valence-electron chi connectivity index (χ4n) is 1.35. The van der Waals surface area contributed by atoms with E-state index in [0.29, 0.717) is 6.61 Å². The van der Waals surface area contributed by atoms with Gasteiger partial charge >= 0.3 is 11.9 Å². The zero-order valence-corrected chi connectivity index (χ0v) is 9.90. The van der Waals surface area contributed by atoms with Crippen molar-refractivity contribution in [1.29, 1.82) is 0 Å². The molecule has 0 fully saturated rings. The van der Waals surface area contributed by atoms with Gasteiger partial charge in [-0.15, -0.1) is 0 Å². The molecule has 16 heavy (non-hydrogen) atoms. The van der Waals surface area contributed by atoms with Gasteiger partial charge in [0, 0.05) is 6.92 Å². The zero-order chi connectivity index (χ0) is 12.3. The van der Waals surface area contributed by atoms with Crippen LogP contribution in [0.1, 0.15) is 27.7 Å². The lowest BCUT2D eigenvalue weighted by Gasteiger charge is -2.34. The number of hydrogen-bond acceptors (Lipinski definition) is 5. The molecule has 1 rings (SSSR count). The van der Waals surface area contributed by atoms with Gasteiger partial charge in [-0.05, 0) is 26.8 Å². The van der Waals surface area contributed by atoms with Gasteiger partial charge in [0.15, 0.2) is 0 Å². The minimum absolute atomic E-state index is 0.163. The van der Waals surface area contributed by atoms with E-state index in [1.54, 1.807) is 26.8 Å². The van der Waals surface area contributed by atoms with E-state index in [0.717, 1.165) is 0 Å². The SMILES string of the molecule is CCOC1=CC(C)(C)C(OC(C)=O)OC1=O. The van der Waals surface area contributed by atoms with Crippen LogP contribution in [0, 0.1) is 5.41 Å². The Balaban J connectivity index is 2.88. The molecule has 0 saturated carbocycles. The molecule has 0 aromatic heterocycles. The first-order valence-corrected chi connectivity index (χ1v) is 5.10. The summed E-state index contributed by atoms with van der Waals surface area (Å²) < 4.78 is 15.1. The Labute approximate surface area is 94.4 Å². The molecule has 0 saturated heterocycles. The predicted octanol–water partition coefficient (Wildman–Crippen LogP) is 1.38. The highest BCUT2D eigenvalue weighted by Crippen LogP contribution is 2.32. The normalized spacial score (nSPS) is 23.1. The molecule has 0 aliphatic carbocycles. The quantitative estimate of drug-likeness (QED) is 0.683. The van der Waals surface area contributed by atoms with Crippen molar-refractivity contribution in [2.75, 3.05) is 6.61 Å². The number of rotatable bonds is 3. The number of hydrogen-bond donors (Lipinski definition) is 0. The van der Waals surface area contributed by atoms with Crippen molar-refractivity contribution in [3.63, 3.8) is 0 Å². The molecule has 5 nitrogen and oxygen atoms in total. The summed E-state index contributed by atoms with van der Waals surface area (Å²) in [5, 5.41) is 0. The molecule has 0 spiro atoms. The number of esters is 2. The molecular weight excluding hydrogens is 212 g/mol. The first-order valence-electron chi connectivity index (χ1n) is 5.10. The molecular formula is C11H16O5. The lowest BCUT2D eigenvalue weighted by Crippen LogP contribution is -2.41. The van der Waals surface area contributed by atoms with E-state index in [1.807, 2.05) is 0 Å². The van der Waals surface area contributed by atoms with Crippen LogP contribution in [0.5, 0.6) is 0 Å². The Morgan fingerprint density at radius 3 is 2.69 bits per heavy atom. The first kappa shape index (κ1) is 12.5. The van der Waals surface area contributed by atoms with Crippen LogP contribution in [-0.4, -0.2) is 24.8 Å². The van der Waals surface area contributed by atoms with Crippen molar-refractivity contribution >= 4 is 11.9 Å². The smallest absolute Gasteiger partial charge is 0.376 e. The molecule has 0 N–H and O–H groups in total. The summed E-state index contributed by atoms with van der Waals surface area (Å²) in [5.41, 5.74) is -0.593. The van der Waals surface area contributed by atoms with Crippen LogP contribution in [0.25, 0.3) is 0 Å². The lowest BCUT2D eigenvalue weighted by atomic mass is 9.90. The zero-order valence-electron chi connectivity index (χ0n) is 9.90. The maximum Gasteiger partial charge on any atom is 0.376 e. The maximum absolute atomic E-state index is 11.5. The molecule has 0 radical (unpaired) electrons. The molecule has 0 bridgehead atoms. The molecule has 1 aliphatic heterocycles. The molecule has 0 amide bonds. The van der Waals surface area contributed by atoms with Gasteiger partial charge in [0.1, 0.15) is 0 Å². The van der Waals surface area contributed by atoms with Crippen LogP contribution in [0.3, 0.4) is 0 Å². The number of carbonyl (C=O) groups is 2. The fraction of sp³-hybridized carbons (Fsp3) is 0.636. The third-order valence-electron chi connectivity index (χ3n) is 2.10. The van der Waals surface area contributed by atoms with E-state index >= 15 is 0 Å². The monoisotopic (exact) mass is 228 g/mol. The highest BCUT2D eigenvalue weighted by Gasteiger charge is 2.40. The van der Waals surface area contributed by atoms with Crippen molar-refractivity contribution in [2.45, 2.75) is 34.0 Å². The van der Waals surface area contributed by atoms with Crippen LogP contribution in [-0.2, 0) is 23.8 Å². The predicted molar refractivity (Wildman–Crippen MR) is 55.1 cm³/mol. The summed E-state index contributed by atoms with van der Waals surface area (Å²) in [6.07, 6.45) is 0.720. The lowest BCUT2D eigenvalue weighted by molar-refractivity contribution is -0.206. The van der Waals surface area contributed by atoms with Crippen molar-refractivity contribution in [1.82, 2.24) is 0 Å². The van der Waals surface area contributed by atoms with Gasteiger partial charge < -0.3 is 14.2 Å². The average Bonchev–Trinajstić information content (AvgIpc) is 2.13. The summed E-state index contributed by atoms with van der Waals surface area (Å²) in [6, 6.07) is 0. The van der Waals surface area contributed by atoms with Crippen LogP contribution in [0.15, 0.2) is 11.8 Å². The summed E-state index contributed by atoms with van der Waals surface area (Å²) in [4.78, 5) is 22.3. The number of ether oxygens (including phenoxy) is 3. The second-order valence-corrected chi connectivity index (χ2v) is 4.11. The van der Waals surface area contributed by atoms with E-state index in [4.69, 9.17) is 14.2 Å². The fourth-order valence-corrected chi connectivity index (χ4v) is 1.35. The van der Waals surface area contributed by atoms with Crippen LogP contribution >= 0.6 is 0 Å². The van der Waals surface area contributed by atoms with Crippen molar-refractivity contribution in [2.24, 2.45) is 5.41 Å². The second-order valence-electron chi connectivity index (χ2n) is 4.11. The van der Waals surface area contributed by atoms with Gasteiger partial charge in [0.25, 0.3) is 6.29 Å². The molecule has 0 aromatic carbocycles. The van der Waals surface area contributed by atoms with Crippen molar-refractivity contribution in [3.05, 3.63) is 11.8 Å². The van der Waals surface area contributed by atoms with Crippen LogP contribution in [0.2, 0.25) is 0 Å². The van der Waals surface area contributed by atoms with Gasteiger partial charge in [-0.3, -0.25) is 4.79 Å². The average molecular weight is 228 g/mol. The number of cyclic esters (lactones) is 1. The molecule has 1 heterocycles. The Morgan fingerprint density at radius 2 is 2.19 bits per heavy atom. The second kappa shape index (κ2) is 4.55. The summed E-state index contributed by atoms with van der Waals surface area (Å²) in [7, 11) is 0. The highest BCUT2D eigenvalue weighted by molar-refractivity contribution is 5.87. The van der Waals surface area contributed by atoms with Gasteiger partial charge in [0.05, 0.1) is 12.0 Å². The summed E-state index contributed by atoms with van der Waals surface area (Å²) in [5.74, 6) is -0.928. The standard InChI is InChI=1S/C11H16O5/c1-5-14-8-6-11(3,4)10(15-7(2)12)16-9(8)13/h6,10H,5H2,1-4H3. The Bertz CT molecular complexity index is 329. The van der Waals surface area contributed by atoms with Gasteiger partial charge in [-0.1, -0.05) is 0 Å². The Morgan fingerprint density at radius 1 is 1.56 bits per heavy atom. The summed E-state index contributed by atoms with van der Waals surface area (Å²) in [6.45, 7) is 7.03. The molecule has 5 heteroatoms. The Kier molecular flexibility index (Phi) is 3.57. The van der Waals surface area contributed by atoms with Gasteiger partial charge in [-0.2, -0.15) is 0 Å². The minimum Gasteiger partial charge on any atom is -0.487 e. The highest BCUT2D eigenvalue weighted by atomic mass is 16.7. The third kappa shape index (κ3) is 2.74. The first-order chi connectivity index (χ1) is 7.36. The largest absolute Gasteiger partial charge is 0.487 e. The molecule has 1 aliphatic rings. The van der Waals surface area contributed by atoms with Crippen molar-refractivity contribution in [3.8, 4) is 0 Å².